The highest BCUT2D eigenvalue weighted by atomic mass is 35.5. The Balaban J connectivity index is 1.71. The maximum absolute atomic E-state index is 5.66. The second kappa shape index (κ2) is 6.01. The molecule has 5 heteroatoms. The Morgan fingerprint density at radius 3 is 3.19 bits per heavy atom. The lowest BCUT2D eigenvalue weighted by Crippen LogP contribution is -2.35. The van der Waals surface area contributed by atoms with Gasteiger partial charge in [0, 0.05) is 18.3 Å². The molecule has 0 aliphatic carbocycles. The van der Waals surface area contributed by atoms with Gasteiger partial charge in [-0.2, -0.15) is 4.98 Å². The first-order chi connectivity index (χ1) is 7.84. The Labute approximate surface area is 100 Å². The molecule has 1 aliphatic rings. The first-order valence-electron chi connectivity index (χ1n) is 5.69. The topological polar surface area (TPSA) is 47.0 Å². The van der Waals surface area contributed by atoms with Crippen molar-refractivity contribution < 1.29 is 4.74 Å². The summed E-state index contributed by atoms with van der Waals surface area (Å²) in [5.74, 6) is 0.552. The van der Waals surface area contributed by atoms with Crippen LogP contribution in [0.4, 0.5) is 0 Å². The minimum absolute atomic E-state index is 0.230. The molecule has 0 radical (unpaired) electrons. The standard InChI is InChI=1S/C11H16ClN3O/c12-11-14-7-4-10(15-11)16-8-5-9-3-1-2-6-13-9/h4,7,9,13H,1-3,5-6,8H2/t9-/m0/s1. The van der Waals surface area contributed by atoms with Crippen molar-refractivity contribution in [2.75, 3.05) is 13.2 Å². The van der Waals surface area contributed by atoms with Gasteiger partial charge in [0.1, 0.15) is 0 Å². The van der Waals surface area contributed by atoms with Gasteiger partial charge in [0.05, 0.1) is 6.61 Å². The van der Waals surface area contributed by atoms with Gasteiger partial charge in [-0.25, -0.2) is 4.98 Å². The summed E-state index contributed by atoms with van der Waals surface area (Å²) in [6.45, 7) is 1.80. The lowest BCUT2D eigenvalue weighted by molar-refractivity contribution is 0.260. The van der Waals surface area contributed by atoms with E-state index in [-0.39, 0.29) is 5.28 Å². The van der Waals surface area contributed by atoms with E-state index in [2.05, 4.69) is 15.3 Å². The van der Waals surface area contributed by atoms with E-state index in [0.717, 1.165) is 13.0 Å². The molecule has 0 unspecified atom stereocenters. The molecule has 1 aromatic heterocycles. The van der Waals surface area contributed by atoms with Gasteiger partial charge in [0.2, 0.25) is 11.2 Å². The lowest BCUT2D eigenvalue weighted by Gasteiger charge is -2.23. The molecule has 1 N–H and O–H groups in total. The van der Waals surface area contributed by atoms with E-state index in [4.69, 9.17) is 16.3 Å². The third-order valence-electron chi connectivity index (χ3n) is 2.73. The minimum Gasteiger partial charge on any atom is -0.477 e. The largest absolute Gasteiger partial charge is 0.477 e. The third-order valence-corrected chi connectivity index (χ3v) is 2.91. The highest BCUT2D eigenvalue weighted by Crippen LogP contribution is 2.12. The fraction of sp³-hybridized carbons (Fsp3) is 0.636. The van der Waals surface area contributed by atoms with Crippen molar-refractivity contribution in [3.8, 4) is 5.88 Å². The molecule has 2 rings (SSSR count). The van der Waals surface area contributed by atoms with Crippen LogP contribution in [0.3, 0.4) is 0 Å². The highest BCUT2D eigenvalue weighted by molar-refractivity contribution is 6.28. The molecule has 0 amide bonds. The molecule has 88 valence electrons. The summed E-state index contributed by atoms with van der Waals surface area (Å²) < 4.78 is 5.51. The molecule has 0 aromatic carbocycles. The van der Waals surface area contributed by atoms with E-state index in [1.165, 1.54) is 19.3 Å². The predicted octanol–water partition coefficient (Wildman–Crippen LogP) is 2.04. The van der Waals surface area contributed by atoms with Gasteiger partial charge in [-0.3, -0.25) is 0 Å². The van der Waals surface area contributed by atoms with E-state index >= 15 is 0 Å². The molecule has 1 aromatic rings. The van der Waals surface area contributed by atoms with Crippen LogP contribution < -0.4 is 10.1 Å². The molecular formula is C11H16ClN3O. The van der Waals surface area contributed by atoms with E-state index < -0.39 is 0 Å². The fourth-order valence-corrected chi connectivity index (χ4v) is 2.02. The maximum atomic E-state index is 5.66. The molecule has 1 atom stereocenters. The minimum atomic E-state index is 0.230. The van der Waals surface area contributed by atoms with E-state index in [1.54, 1.807) is 12.3 Å². The summed E-state index contributed by atoms with van der Waals surface area (Å²) in [5, 5.41) is 3.71. The van der Waals surface area contributed by atoms with Crippen LogP contribution in [0.15, 0.2) is 12.3 Å². The van der Waals surface area contributed by atoms with Crippen molar-refractivity contribution in [2.24, 2.45) is 0 Å². The number of hydrogen-bond acceptors (Lipinski definition) is 4. The van der Waals surface area contributed by atoms with Gasteiger partial charge in [-0.15, -0.1) is 0 Å². The number of halogens is 1. The van der Waals surface area contributed by atoms with Gasteiger partial charge in [-0.05, 0) is 37.4 Å². The second-order valence-electron chi connectivity index (χ2n) is 3.95. The lowest BCUT2D eigenvalue weighted by atomic mass is 10.0. The van der Waals surface area contributed by atoms with Crippen molar-refractivity contribution in [1.82, 2.24) is 15.3 Å². The monoisotopic (exact) mass is 241 g/mol. The van der Waals surface area contributed by atoms with E-state index in [9.17, 15) is 0 Å². The average Bonchev–Trinajstić information content (AvgIpc) is 2.30. The van der Waals surface area contributed by atoms with Crippen LogP contribution in [0.1, 0.15) is 25.7 Å². The normalized spacial score (nSPS) is 20.7. The Morgan fingerprint density at radius 1 is 1.50 bits per heavy atom. The molecule has 16 heavy (non-hydrogen) atoms. The smallest absolute Gasteiger partial charge is 0.225 e. The number of piperidine rings is 1. The molecule has 1 fully saturated rings. The summed E-state index contributed by atoms with van der Waals surface area (Å²) in [5.41, 5.74) is 0. The van der Waals surface area contributed by atoms with Crippen molar-refractivity contribution in [1.29, 1.82) is 0 Å². The van der Waals surface area contributed by atoms with Gasteiger partial charge in [0.15, 0.2) is 0 Å². The molecule has 0 spiro atoms. The number of nitrogens with zero attached hydrogens (tertiary/aromatic N) is 2. The molecule has 2 heterocycles. The number of nitrogens with one attached hydrogen (secondary N) is 1. The molecule has 1 saturated heterocycles. The van der Waals surface area contributed by atoms with Gasteiger partial charge >= 0.3 is 0 Å². The summed E-state index contributed by atoms with van der Waals surface area (Å²) in [7, 11) is 0. The van der Waals surface area contributed by atoms with E-state index in [0.29, 0.717) is 18.5 Å². The Morgan fingerprint density at radius 2 is 2.44 bits per heavy atom. The number of ether oxygens (including phenoxy) is 1. The highest BCUT2D eigenvalue weighted by Gasteiger charge is 2.12. The first kappa shape index (κ1) is 11.6. The molecule has 0 saturated carbocycles. The molecule has 1 aliphatic heterocycles. The van der Waals surface area contributed by atoms with Crippen molar-refractivity contribution >= 4 is 11.6 Å². The zero-order valence-electron chi connectivity index (χ0n) is 9.16. The average molecular weight is 242 g/mol. The fourth-order valence-electron chi connectivity index (χ4n) is 1.88. The Kier molecular flexibility index (Phi) is 4.36. The van der Waals surface area contributed by atoms with Crippen LogP contribution in [-0.4, -0.2) is 29.2 Å². The van der Waals surface area contributed by atoms with Crippen molar-refractivity contribution in [3.05, 3.63) is 17.5 Å². The van der Waals surface area contributed by atoms with Crippen LogP contribution >= 0.6 is 11.6 Å². The van der Waals surface area contributed by atoms with Crippen LogP contribution in [0.2, 0.25) is 5.28 Å². The second-order valence-corrected chi connectivity index (χ2v) is 4.29. The summed E-state index contributed by atoms with van der Waals surface area (Å²) >= 11 is 5.66. The van der Waals surface area contributed by atoms with E-state index in [1.807, 2.05) is 0 Å². The summed E-state index contributed by atoms with van der Waals surface area (Å²) in [4.78, 5) is 7.77. The third kappa shape index (κ3) is 3.61. The van der Waals surface area contributed by atoms with Gasteiger partial charge in [0.25, 0.3) is 0 Å². The first-order valence-corrected chi connectivity index (χ1v) is 6.07. The zero-order valence-corrected chi connectivity index (χ0v) is 9.91. The number of rotatable bonds is 4. The zero-order chi connectivity index (χ0) is 11.2. The number of hydrogen-bond donors (Lipinski definition) is 1. The quantitative estimate of drug-likeness (QED) is 0.820. The molecule has 0 bridgehead atoms. The Hall–Kier alpha value is -0.870. The van der Waals surface area contributed by atoms with Crippen LogP contribution in [0, 0.1) is 0 Å². The van der Waals surface area contributed by atoms with Crippen molar-refractivity contribution in [3.63, 3.8) is 0 Å². The summed E-state index contributed by atoms with van der Waals surface area (Å²) in [6.07, 6.45) is 6.47. The predicted molar refractivity (Wildman–Crippen MR) is 62.8 cm³/mol. The van der Waals surface area contributed by atoms with Gasteiger partial charge in [-0.1, -0.05) is 6.42 Å². The van der Waals surface area contributed by atoms with Crippen LogP contribution in [0.5, 0.6) is 5.88 Å². The number of aromatic nitrogens is 2. The molecule has 4 nitrogen and oxygen atoms in total. The van der Waals surface area contributed by atoms with Crippen LogP contribution in [-0.2, 0) is 0 Å². The van der Waals surface area contributed by atoms with Gasteiger partial charge < -0.3 is 10.1 Å². The SMILES string of the molecule is Clc1nccc(OCC[C@@H]2CCCCN2)n1. The van der Waals surface area contributed by atoms with Crippen molar-refractivity contribution in [2.45, 2.75) is 31.7 Å². The summed E-state index contributed by atoms with van der Waals surface area (Å²) in [6, 6.07) is 2.31. The maximum Gasteiger partial charge on any atom is 0.225 e. The Bertz CT molecular complexity index is 329. The molecular weight excluding hydrogens is 226 g/mol. The van der Waals surface area contributed by atoms with Crippen LogP contribution in [0.25, 0.3) is 0 Å².